The summed E-state index contributed by atoms with van der Waals surface area (Å²) in [5.74, 6) is 0.801. The van der Waals surface area contributed by atoms with E-state index in [9.17, 15) is 4.79 Å². The molecule has 94 valence electrons. The molecule has 2 N–H and O–H groups in total. The third kappa shape index (κ3) is 2.51. The Labute approximate surface area is 106 Å². The summed E-state index contributed by atoms with van der Waals surface area (Å²) in [4.78, 5) is 17.5. The molecule has 0 aliphatic rings. The number of likely N-dealkylation sites (N-methyl/N-ethyl adjacent to an activating group) is 1. The van der Waals surface area contributed by atoms with E-state index >= 15 is 0 Å². The normalized spacial score (nSPS) is 10.3. The standard InChI is InChI=1S/C13H16N4O/c1-16(2)12(18)9-17-8-7-15-13(17)10-3-5-11(14)6-4-10/h3-8H,9,14H2,1-2H3. The van der Waals surface area contributed by atoms with Crippen molar-refractivity contribution in [3.63, 3.8) is 0 Å². The summed E-state index contributed by atoms with van der Waals surface area (Å²) >= 11 is 0. The van der Waals surface area contributed by atoms with Crippen LogP contribution in [-0.2, 0) is 11.3 Å². The fourth-order valence-electron chi connectivity index (χ4n) is 1.62. The largest absolute Gasteiger partial charge is 0.399 e. The molecule has 5 nitrogen and oxygen atoms in total. The molecule has 0 unspecified atom stereocenters. The van der Waals surface area contributed by atoms with Crippen molar-refractivity contribution in [3.05, 3.63) is 36.7 Å². The topological polar surface area (TPSA) is 64.2 Å². The number of amides is 1. The molecule has 0 aliphatic heterocycles. The minimum Gasteiger partial charge on any atom is -0.399 e. The quantitative estimate of drug-likeness (QED) is 0.826. The van der Waals surface area contributed by atoms with Crippen molar-refractivity contribution in [1.29, 1.82) is 0 Å². The first kappa shape index (κ1) is 12.2. The van der Waals surface area contributed by atoms with E-state index in [-0.39, 0.29) is 12.5 Å². The Morgan fingerprint density at radius 2 is 2.00 bits per heavy atom. The monoisotopic (exact) mass is 244 g/mol. The summed E-state index contributed by atoms with van der Waals surface area (Å²) in [6.07, 6.45) is 3.49. The van der Waals surface area contributed by atoms with Crippen molar-refractivity contribution in [3.8, 4) is 11.4 Å². The molecule has 0 aliphatic carbocycles. The molecule has 1 amide bonds. The van der Waals surface area contributed by atoms with E-state index in [0.29, 0.717) is 5.69 Å². The van der Waals surface area contributed by atoms with Crippen molar-refractivity contribution >= 4 is 11.6 Å². The Hall–Kier alpha value is -2.30. The van der Waals surface area contributed by atoms with E-state index < -0.39 is 0 Å². The Morgan fingerprint density at radius 3 is 2.61 bits per heavy atom. The lowest BCUT2D eigenvalue weighted by Crippen LogP contribution is -2.26. The number of carbonyl (C=O) groups excluding carboxylic acids is 1. The fourth-order valence-corrected chi connectivity index (χ4v) is 1.62. The van der Waals surface area contributed by atoms with Gasteiger partial charge in [-0.3, -0.25) is 4.79 Å². The maximum atomic E-state index is 11.7. The number of carbonyl (C=O) groups is 1. The zero-order valence-corrected chi connectivity index (χ0v) is 10.5. The van der Waals surface area contributed by atoms with Gasteiger partial charge >= 0.3 is 0 Å². The molecule has 2 rings (SSSR count). The van der Waals surface area contributed by atoms with Crippen LogP contribution in [0, 0.1) is 0 Å². The Morgan fingerprint density at radius 1 is 1.33 bits per heavy atom. The molecule has 2 aromatic rings. The van der Waals surface area contributed by atoms with Gasteiger partial charge in [0.05, 0.1) is 0 Å². The van der Waals surface area contributed by atoms with Crippen molar-refractivity contribution < 1.29 is 4.79 Å². The van der Waals surface area contributed by atoms with Gasteiger partial charge in [0, 0.05) is 37.7 Å². The van der Waals surface area contributed by atoms with Gasteiger partial charge in [0.2, 0.25) is 5.91 Å². The summed E-state index contributed by atoms with van der Waals surface area (Å²) < 4.78 is 1.83. The van der Waals surface area contributed by atoms with Gasteiger partial charge in [-0.1, -0.05) is 0 Å². The molecule has 5 heteroatoms. The SMILES string of the molecule is CN(C)C(=O)Cn1ccnc1-c1ccc(N)cc1. The molecule has 0 fully saturated rings. The van der Waals surface area contributed by atoms with Crippen LogP contribution in [0.2, 0.25) is 0 Å². The fraction of sp³-hybridized carbons (Fsp3) is 0.231. The maximum absolute atomic E-state index is 11.7. The average Bonchev–Trinajstić information content (AvgIpc) is 2.78. The van der Waals surface area contributed by atoms with E-state index in [1.54, 1.807) is 31.4 Å². The summed E-state index contributed by atoms with van der Waals surface area (Å²) in [6.45, 7) is 0.284. The van der Waals surface area contributed by atoms with Gasteiger partial charge in [-0.25, -0.2) is 4.98 Å². The number of benzene rings is 1. The van der Waals surface area contributed by atoms with E-state index in [1.165, 1.54) is 0 Å². The number of imidazole rings is 1. The van der Waals surface area contributed by atoms with Gasteiger partial charge in [0.1, 0.15) is 12.4 Å². The lowest BCUT2D eigenvalue weighted by molar-refractivity contribution is -0.129. The second-order valence-corrected chi connectivity index (χ2v) is 4.29. The Kier molecular flexibility index (Phi) is 3.32. The van der Waals surface area contributed by atoms with Crippen molar-refractivity contribution in [2.45, 2.75) is 6.54 Å². The van der Waals surface area contributed by atoms with E-state index in [0.717, 1.165) is 11.4 Å². The number of anilines is 1. The molecule has 1 aromatic heterocycles. The molecule has 0 radical (unpaired) electrons. The highest BCUT2D eigenvalue weighted by molar-refractivity contribution is 5.76. The van der Waals surface area contributed by atoms with Crippen LogP contribution < -0.4 is 5.73 Å². The lowest BCUT2D eigenvalue weighted by Gasteiger charge is -2.12. The van der Waals surface area contributed by atoms with E-state index in [4.69, 9.17) is 5.73 Å². The third-order valence-corrected chi connectivity index (χ3v) is 2.69. The molecule has 0 saturated heterocycles. The Bertz CT molecular complexity index is 542. The molecular weight excluding hydrogens is 228 g/mol. The van der Waals surface area contributed by atoms with Gasteiger partial charge in [-0.15, -0.1) is 0 Å². The predicted octanol–water partition coefficient (Wildman–Crippen LogP) is 1.22. The molecule has 0 atom stereocenters. The number of nitrogen functional groups attached to an aromatic ring is 1. The highest BCUT2D eigenvalue weighted by Gasteiger charge is 2.10. The molecule has 18 heavy (non-hydrogen) atoms. The first-order chi connectivity index (χ1) is 8.58. The number of aromatic nitrogens is 2. The van der Waals surface area contributed by atoms with Crippen LogP contribution in [0.15, 0.2) is 36.7 Å². The van der Waals surface area contributed by atoms with Gasteiger partial charge in [0.25, 0.3) is 0 Å². The zero-order valence-electron chi connectivity index (χ0n) is 10.5. The molecule has 0 saturated carbocycles. The van der Waals surface area contributed by atoms with Crippen LogP contribution >= 0.6 is 0 Å². The van der Waals surface area contributed by atoms with Crippen molar-refractivity contribution in [2.75, 3.05) is 19.8 Å². The highest BCUT2D eigenvalue weighted by atomic mass is 16.2. The highest BCUT2D eigenvalue weighted by Crippen LogP contribution is 2.18. The van der Waals surface area contributed by atoms with E-state index in [2.05, 4.69) is 4.98 Å². The van der Waals surface area contributed by atoms with Crippen LogP contribution in [0.25, 0.3) is 11.4 Å². The summed E-state index contributed by atoms with van der Waals surface area (Å²) in [7, 11) is 3.48. The average molecular weight is 244 g/mol. The third-order valence-electron chi connectivity index (χ3n) is 2.69. The first-order valence-electron chi connectivity index (χ1n) is 5.65. The Balaban J connectivity index is 2.27. The molecule has 0 spiro atoms. The number of hydrogen-bond donors (Lipinski definition) is 1. The van der Waals surface area contributed by atoms with Crippen LogP contribution in [0.5, 0.6) is 0 Å². The van der Waals surface area contributed by atoms with Crippen LogP contribution in [0.3, 0.4) is 0 Å². The second-order valence-electron chi connectivity index (χ2n) is 4.29. The van der Waals surface area contributed by atoms with Gasteiger partial charge in [-0.2, -0.15) is 0 Å². The molecular formula is C13H16N4O. The maximum Gasteiger partial charge on any atom is 0.242 e. The number of nitrogens with zero attached hydrogens (tertiary/aromatic N) is 3. The summed E-state index contributed by atoms with van der Waals surface area (Å²) in [5, 5.41) is 0. The van der Waals surface area contributed by atoms with Gasteiger partial charge in [-0.05, 0) is 24.3 Å². The van der Waals surface area contributed by atoms with Gasteiger partial charge < -0.3 is 15.2 Å². The van der Waals surface area contributed by atoms with E-state index in [1.807, 2.05) is 28.8 Å². The smallest absolute Gasteiger partial charge is 0.242 e. The molecule has 1 aromatic carbocycles. The lowest BCUT2D eigenvalue weighted by atomic mass is 10.2. The van der Waals surface area contributed by atoms with Gasteiger partial charge in [0.15, 0.2) is 0 Å². The first-order valence-corrected chi connectivity index (χ1v) is 5.65. The van der Waals surface area contributed by atoms with Crippen LogP contribution in [0.4, 0.5) is 5.69 Å². The summed E-state index contributed by atoms with van der Waals surface area (Å²) in [6, 6.07) is 7.44. The number of nitrogens with two attached hydrogens (primary N) is 1. The molecule has 1 heterocycles. The zero-order chi connectivity index (χ0) is 13.1. The van der Waals surface area contributed by atoms with Crippen molar-refractivity contribution in [1.82, 2.24) is 14.5 Å². The van der Waals surface area contributed by atoms with Crippen LogP contribution in [0.1, 0.15) is 0 Å². The minimum absolute atomic E-state index is 0.0321. The summed E-state index contributed by atoms with van der Waals surface area (Å²) in [5.41, 5.74) is 7.31. The minimum atomic E-state index is 0.0321. The van der Waals surface area contributed by atoms with Crippen molar-refractivity contribution in [2.24, 2.45) is 0 Å². The predicted molar refractivity (Wildman–Crippen MR) is 70.8 cm³/mol. The second kappa shape index (κ2) is 4.91. The van der Waals surface area contributed by atoms with Crippen LogP contribution in [-0.4, -0.2) is 34.5 Å². The molecule has 0 bridgehead atoms. The number of rotatable bonds is 3. The number of hydrogen-bond acceptors (Lipinski definition) is 3.